The van der Waals surface area contributed by atoms with Crippen molar-refractivity contribution >= 4 is 16.8 Å². The number of hydrogen-bond donors (Lipinski definition) is 2. The van der Waals surface area contributed by atoms with Crippen LogP contribution in [0.25, 0.3) is 10.9 Å². The molecule has 1 aliphatic rings. The minimum absolute atomic E-state index is 0.0858. The SMILES string of the molecule is CO[C@H]1CN(Cc2c[nH]c3ccccc23)C[C@H]1CC(N)=O. The second-order valence-corrected chi connectivity index (χ2v) is 5.76. The number of H-pyrrole nitrogens is 1. The van der Waals surface area contributed by atoms with E-state index in [1.54, 1.807) is 7.11 Å². The third kappa shape index (κ3) is 2.94. The number of nitrogens with one attached hydrogen (secondary N) is 1. The van der Waals surface area contributed by atoms with Crippen LogP contribution < -0.4 is 5.73 Å². The summed E-state index contributed by atoms with van der Waals surface area (Å²) in [6, 6.07) is 8.29. The van der Waals surface area contributed by atoms with Crippen molar-refractivity contribution in [3.05, 3.63) is 36.0 Å². The molecule has 112 valence electrons. The monoisotopic (exact) mass is 287 g/mol. The zero-order chi connectivity index (χ0) is 14.8. The number of rotatable bonds is 5. The first-order valence-corrected chi connectivity index (χ1v) is 7.26. The van der Waals surface area contributed by atoms with Crippen molar-refractivity contribution in [3.63, 3.8) is 0 Å². The molecule has 3 N–H and O–H groups in total. The molecule has 2 aromatic rings. The maximum absolute atomic E-state index is 11.2. The quantitative estimate of drug-likeness (QED) is 0.875. The molecule has 0 unspecified atom stereocenters. The number of methoxy groups -OCH3 is 1. The van der Waals surface area contributed by atoms with E-state index in [9.17, 15) is 4.79 Å². The average molecular weight is 287 g/mol. The summed E-state index contributed by atoms with van der Waals surface area (Å²) in [6.45, 7) is 2.55. The normalized spacial score (nSPS) is 22.9. The van der Waals surface area contributed by atoms with Gasteiger partial charge in [0.2, 0.25) is 5.91 Å². The zero-order valence-electron chi connectivity index (χ0n) is 12.2. The van der Waals surface area contributed by atoms with E-state index in [2.05, 4.69) is 34.3 Å². The van der Waals surface area contributed by atoms with Gasteiger partial charge in [0, 0.05) is 56.2 Å². The molecule has 1 amide bonds. The fourth-order valence-corrected chi connectivity index (χ4v) is 3.28. The smallest absolute Gasteiger partial charge is 0.217 e. The Labute approximate surface area is 124 Å². The van der Waals surface area contributed by atoms with E-state index in [1.165, 1.54) is 10.9 Å². The number of aromatic nitrogens is 1. The zero-order valence-corrected chi connectivity index (χ0v) is 12.2. The molecule has 1 aromatic heterocycles. The van der Waals surface area contributed by atoms with Crippen molar-refractivity contribution in [2.75, 3.05) is 20.2 Å². The number of likely N-dealkylation sites (tertiary alicyclic amines) is 1. The molecule has 0 radical (unpaired) electrons. The summed E-state index contributed by atoms with van der Waals surface area (Å²) in [7, 11) is 1.70. The number of para-hydroxylation sites is 1. The standard InChI is InChI=1S/C16H21N3O2/c1-21-15-10-19(8-11(15)6-16(17)20)9-12-7-18-14-5-3-2-4-13(12)14/h2-5,7,11,15,18H,6,8-10H2,1H3,(H2,17,20)/t11-,15+/m1/s1. The van der Waals surface area contributed by atoms with Crippen LogP contribution in [-0.2, 0) is 16.1 Å². The Hall–Kier alpha value is -1.85. The maximum atomic E-state index is 11.2. The first-order valence-electron chi connectivity index (χ1n) is 7.26. The summed E-state index contributed by atoms with van der Waals surface area (Å²) in [4.78, 5) is 16.8. The molecule has 0 saturated carbocycles. The topological polar surface area (TPSA) is 71.3 Å². The van der Waals surface area contributed by atoms with Gasteiger partial charge in [-0.2, -0.15) is 0 Å². The van der Waals surface area contributed by atoms with Crippen LogP contribution in [0, 0.1) is 5.92 Å². The molecule has 2 heterocycles. The van der Waals surface area contributed by atoms with Gasteiger partial charge in [0.25, 0.3) is 0 Å². The number of benzene rings is 1. The molecule has 2 atom stereocenters. The van der Waals surface area contributed by atoms with Crippen molar-refractivity contribution in [1.82, 2.24) is 9.88 Å². The highest BCUT2D eigenvalue weighted by molar-refractivity contribution is 5.83. The number of carbonyl (C=O) groups excluding carboxylic acids is 1. The van der Waals surface area contributed by atoms with E-state index in [0.717, 1.165) is 25.2 Å². The number of carbonyl (C=O) groups is 1. The molecule has 0 bridgehead atoms. The lowest BCUT2D eigenvalue weighted by Crippen LogP contribution is -2.26. The van der Waals surface area contributed by atoms with Gasteiger partial charge in [0.15, 0.2) is 0 Å². The van der Waals surface area contributed by atoms with Crippen LogP contribution >= 0.6 is 0 Å². The van der Waals surface area contributed by atoms with Gasteiger partial charge in [-0.25, -0.2) is 0 Å². The number of fused-ring (bicyclic) bond motifs is 1. The molecule has 0 spiro atoms. The van der Waals surface area contributed by atoms with Gasteiger partial charge < -0.3 is 15.5 Å². The fraction of sp³-hybridized carbons (Fsp3) is 0.438. The van der Waals surface area contributed by atoms with Crippen LogP contribution in [0.1, 0.15) is 12.0 Å². The highest BCUT2D eigenvalue weighted by atomic mass is 16.5. The van der Waals surface area contributed by atoms with E-state index in [1.807, 2.05) is 6.07 Å². The van der Waals surface area contributed by atoms with Crippen LogP contribution in [0.2, 0.25) is 0 Å². The van der Waals surface area contributed by atoms with E-state index in [0.29, 0.717) is 6.42 Å². The van der Waals surface area contributed by atoms with Crippen LogP contribution in [0.3, 0.4) is 0 Å². The molecule has 1 aromatic carbocycles. The molecule has 1 saturated heterocycles. The van der Waals surface area contributed by atoms with Crippen molar-refractivity contribution in [2.45, 2.75) is 19.1 Å². The average Bonchev–Trinajstić information content (AvgIpc) is 3.03. The van der Waals surface area contributed by atoms with Crippen molar-refractivity contribution in [1.29, 1.82) is 0 Å². The Morgan fingerprint density at radius 3 is 3.00 bits per heavy atom. The van der Waals surface area contributed by atoms with Crippen LogP contribution in [-0.4, -0.2) is 42.1 Å². The van der Waals surface area contributed by atoms with Gasteiger partial charge in [-0.1, -0.05) is 18.2 Å². The van der Waals surface area contributed by atoms with Crippen LogP contribution in [0.4, 0.5) is 0 Å². The summed E-state index contributed by atoms with van der Waals surface area (Å²) in [5.41, 5.74) is 7.76. The molecular formula is C16H21N3O2. The number of primary amides is 1. The highest BCUT2D eigenvalue weighted by Gasteiger charge is 2.33. The van der Waals surface area contributed by atoms with E-state index < -0.39 is 0 Å². The van der Waals surface area contributed by atoms with E-state index >= 15 is 0 Å². The predicted octanol–water partition coefficient (Wildman–Crippen LogP) is 1.49. The molecule has 0 aliphatic carbocycles. The lowest BCUT2D eigenvalue weighted by atomic mass is 10.0. The molecule has 1 fully saturated rings. The van der Waals surface area contributed by atoms with Crippen LogP contribution in [0.5, 0.6) is 0 Å². The second kappa shape index (κ2) is 5.87. The van der Waals surface area contributed by atoms with Gasteiger partial charge in [-0.05, 0) is 11.6 Å². The number of nitrogens with two attached hydrogens (primary N) is 1. The van der Waals surface area contributed by atoms with Crippen LogP contribution in [0.15, 0.2) is 30.5 Å². The highest BCUT2D eigenvalue weighted by Crippen LogP contribution is 2.26. The van der Waals surface area contributed by atoms with Crippen molar-refractivity contribution in [2.24, 2.45) is 11.7 Å². The lowest BCUT2D eigenvalue weighted by Gasteiger charge is -2.14. The minimum atomic E-state index is -0.254. The Kier molecular flexibility index (Phi) is 3.94. The Bertz CT molecular complexity index is 637. The second-order valence-electron chi connectivity index (χ2n) is 5.76. The Morgan fingerprint density at radius 1 is 1.43 bits per heavy atom. The molecular weight excluding hydrogens is 266 g/mol. The Balaban J connectivity index is 1.72. The summed E-state index contributed by atoms with van der Waals surface area (Å²) >= 11 is 0. The number of nitrogens with zero attached hydrogens (tertiary/aromatic N) is 1. The number of amides is 1. The molecule has 21 heavy (non-hydrogen) atoms. The summed E-state index contributed by atoms with van der Waals surface area (Å²) in [5.74, 6) is -0.0614. The molecule has 5 heteroatoms. The summed E-state index contributed by atoms with van der Waals surface area (Å²) in [6.07, 6.45) is 2.54. The predicted molar refractivity (Wildman–Crippen MR) is 81.7 cm³/mol. The van der Waals surface area contributed by atoms with E-state index in [-0.39, 0.29) is 17.9 Å². The van der Waals surface area contributed by atoms with Crippen molar-refractivity contribution in [3.8, 4) is 0 Å². The maximum Gasteiger partial charge on any atom is 0.217 e. The summed E-state index contributed by atoms with van der Waals surface area (Å²) in [5, 5.41) is 1.25. The van der Waals surface area contributed by atoms with Gasteiger partial charge in [0.1, 0.15) is 0 Å². The Morgan fingerprint density at radius 2 is 2.24 bits per heavy atom. The first-order chi connectivity index (χ1) is 10.2. The van der Waals surface area contributed by atoms with Crippen molar-refractivity contribution < 1.29 is 9.53 Å². The largest absolute Gasteiger partial charge is 0.380 e. The van der Waals surface area contributed by atoms with Gasteiger partial charge in [-0.15, -0.1) is 0 Å². The van der Waals surface area contributed by atoms with Gasteiger partial charge in [0.05, 0.1) is 6.10 Å². The lowest BCUT2D eigenvalue weighted by molar-refractivity contribution is -0.119. The summed E-state index contributed by atoms with van der Waals surface area (Å²) < 4.78 is 5.50. The molecule has 5 nitrogen and oxygen atoms in total. The number of aromatic amines is 1. The first kappa shape index (κ1) is 14.1. The third-order valence-electron chi connectivity index (χ3n) is 4.29. The minimum Gasteiger partial charge on any atom is -0.380 e. The fourth-order valence-electron chi connectivity index (χ4n) is 3.28. The van der Waals surface area contributed by atoms with E-state index in [4.69, 9.17) is 10.5 Å². The molecule has 3 rings (SSSR count). The number of hydrogen-bond acceptors (Lipinski definition) is 3. The molecule has 1 aliphatic heterocycles. The van der Waals surface area contributed by atoms with Gasteiger partial charge >= 0.3 is 0 Å². The third-order valence-corrected chi connectivity index (χ3v) is 4.29. The van der Waals surface area contributed by atoms with Gasteiger partial charge in [-0.3, -0.25) is 9.69 Å². The number of ether oxygens (including phenoxy) is 1.